The molecule has 0 aliphatic carbocycles. The highest BCUT2D eigenvalue weighted by molar-refractivity contribution is 5.70. The second-order valence-electron chi connectivity index (χ2n) is 6.84. The quantitative estimate of drug-likeness (QED) is 0.841. The van der Waals surface area contributed by atoms with Crippen LogP contribution in [0, 0.1) is 12.8 Å². The van der Waals surface area contributed by atoms with Crippen LogP contribution in [0.4, 0.5) is 0 Å². The van der Waals surface area contributed by atoms with Crippen molar-refractivity contribution in [3.63, 3.8) is 0 Å². The van der Waals surface area contributed by atoms with Crippen LogP contribution in [0.15, 0.2) is 36.4 Å². The Morgan fingerprint density at radius 2 is 1.85 bits per heavy atom. The summed E-state index contributed by atoms with van der Waals surface area (Å²) in [7, 11) is 3.26. The summed E-state index contributed by atoms with van der Waals surface area (Å²) in [5, 5.41) is 9.32. The van der Waals surface area contributed by atoms with Gasteiger partial charge in [0.25, 0.3) is 0 Å². The summed E-state index contributed by atoms with van der Waals surface area (Å²) in [6.07, 6.45) is 1.26. The number of hydrogen-bond acceptors (Lipinski definition) is 5. The van der Waals surface area contributed by atoms with Gasteiger partial charge in [0.15, 0.2) is 11.5 Å². The van der Waals surface area contributed by atoms with E-state index in [9.17, 15) is 9.90 Å². The summed E-state index contributed by atoms with van der Waals surface area (Å²) in [5.74, 6) is 0.375. The van der Waals surface area contributed by atoms with Crippen LogP contribution in [0.5, 0.6) is 11.5 Å². The zero-order chi connectivity index (χ0) is 19.4. The van der Waals surface area contributed by atoms with Gasteiger partial charge in [0, 0.05) is 11.3 Å². The molecule has 0 radical (unpaired) electrons. The molecular formula is C21H26N2O4. The fourth-order valence-electron chi connectivity index (χ4n) is 3.79. The minimum atomic E-state index is -0.709. The molecule has 2 aromatic rings. The van der Waals surface area contributed by atoms with Crippen molar-refractivity contribution in [1.82, 2.24) is 9.88 Å². The molecule has 1 aromatic carbocycles. The van der Waals surface area contributed by atoms with Crippen LogP contribution in [0.25, 0.3) is 0 Å². The molecule has 144 valence electrons. The predicted molar refractivity (Wildman–Crippen MR) is 102 cm³/mol. The van der Waals surface area contributed by atoms with Gasteiger partial charge in [-0.2, -0.15) is 0 Å². The Morgan fingerprint density at radius 1 is 1.15 bits per heavy atom. The highest BCUT2D eigenvalue weighted by Crippen LogP contribution is 2.40. The number of aromatic nitrogens is 1. The summed E-state index contributed by atoms with van der Waals surface area (Å²) in [4.78, 5) is 18.4. The number of pyridine rings is 1. The zero-order valence-corrected chi connectivity index (χ0v) is 16.0. The molecule has 1 aliphatic heterocycles. The van der Waals surface area contributed by atoms with Crippen LogP contribution in [0.3, 0.4) is 0 Å². The second kappa shape index (κ2) is 8.39. The molecule has 1 atom stereocenters. The van der Waals surface area contributed by atoms with Gasteiger partial charge >= 0.3 is 5.97 Å². The van der Waals surface area contributed by atoms with Gasteiger partial charge < -0.3 is 14.6 Å². The molecule has 2 heterocycles. The van der Waals surface area contributed by atoms with Gasteiger partial charge in [-0.05, 0) is 51.1 Å². The van der Waals surface area contributed by atoms with E-state index in [1.807, 2.05) is 43.3 Å². The van der Waals surface area contributed by atoms with E-state index in [1.165, 1.54) is 0 Å². The Bertz CT molecular complexity index is 801. The second-order valence-corrected chi connectivity index (χ2v) is 6.84. The third-order valence-electron chi connectivity index (χ3n) is 5.16. The number of piperidine rings is 1. The molecule has 1 aliphatic rings. The molecule has 3 rings (SSSR count). The Hall–Kier alpha value is -2.60. The predicted octanol–water partition coefficient (Wildman–Crippen LogP) is 3.29. The topological polar surface area (TPSA) is 71.9 Å². The number of rotatable bonds is 6. The smallest absolute Gasteiger partial charge is 0.306 e. The Balaban J connectivity index is 2.03. The average molecular weight is 370 g/mol. The monoisotopic (exact) mass is 370 g/mol. The summed E-state index contributed by atoms with van der Waals surface area (Å²) < 4.78 is 11.2. The van der Waals surface area contributed by atoms with Gasteiger partial charge in [-0.3, -0.25) is 14.7 Å². The first-order valence-corrected chi connectivity index (χ1v) is 9.16. The number of methoxy groups -OCH3 is 2. The Kier molecular flexibility index (Phi) is 5.96. The minimum absolute atomic E-state index is 0.121. The Morgan fingerprint density at radius 3 is 2.44 bits per heavy atom. The standard InChI is InChI=1S/C21H26N2O4/c1-14-6-4-8-17(22-14)19(23-12-10-15(11-13-23)21(24)25)16-7-5-9-18(26-2)20(16)27-3/h4-9,15,19H,10-13H2,1-3H3,(H,24,25). The lowest BCUT2D eigenvalue weighted by atomic mass is 9.92. The summed E-state index contributed by atoms with van der Waals surface area (Å²) in [6, 6.07) is 11.7. The fourth-order valence-corrected chi connectivity index (χ4v) is 3.79. The van der Waals surface area contributed by atoms with Crippen molar-refractivity contribution in [2.24, 2.45) is 5.92 Å². The fraction of sp³-hybridized carbons (Fsp3) is 0.429. The van der Waals surface area contributed by atoms with Crippen molar-refractivity contribution in [3.05, 3.63) is 53.3 Å². The Labute approximate surface area is 159 Å². The van der Waals surface area contributed by atoms with Gasteiger partial charge in [0.05, 0.1) is 31.9 Å². The number of para-hydroxylation sites is 1. The summed E-state index contributed by atoms with van der Waals surface area (Å²) >= 11 is 0. The molecule has 0 amide bonds. The van der Waals surface area contributed by atoms with Crippen molar-refractivity contribution in [2.45, 2.75) is 25.8 Å². The van der Waals surface area contributed by atoms with E-state index >= 15 is 0 Å². The number of aliphatic carboxylic acids is 1. The van der Waals surface area contributed by atoms with E-state index < -0.39 is 5.97 Å². The number of hydrogen-bond donors (Lipinski definition) is 1. The molecule has 1 saturated heterocycles. The number of nitrogens with zero attached hydrogens (tertiary/aromatic N) is 2. The van der Waals surface area contributed by atoms with Crippen molar-refractivity contribution in [1.29, 1.82) is 0 Å². The molecule has 6 heteroatoms. The number of carbonyl (C=O) groups is 1. The average Bonchev–Trinajstić information content (AvgIpc) is 2.68. The van der Waals surface area contributed by atoms with Crippen molar-refractivity contribution < 1.29 is 19.4 Å². The maximum Gasteiger partial charge on any atom is 0.306 e. The first kappa shape index (κ1) is 19.2. The SMILES string of the molecule is COc1cccc(C(c2cccc(C)n2)N2CCC(C(=O)O)CC2)c1OC. The molecule has 0 saturated carbocycles. The van der Waals surface area contributed by atoms with E-state index in [2.05, 4.69) is 4.90 Å². The molecule has 1 N–H and O–H groups in total. The first-order valence-electron chi connectivity index (χ1n) is 9.16. The lowest BCUT2D eigenvalue weighted by Gasteiger charge is -2.37. The third kappa shape index (κ3) is 4.06. The van der Waals surface area contributed by atoms with Gasteiger partial charge in [0.1, 0.15) is 0 Å². The third-order valence-corrected chi connectivity index (χ3v) is 5.16. The zero-order valence-electron chi connectivity index (χ0n) is 16.0. The summed E-state index contributed by atoms with van der Waals surface area (Å²) in [6.45, 7) is 3.36. The van der Waals surface area contributed by atoms with Crippen molar-refractivity contribution in [2.75, 3.05) is 27.3 Å². The normalized spacial score (nSPS) is 16.7. The molecular weight excluding hydrogens is 344 g/mol. The van der Waals surface area contributed by atoms with Gasteiger partial charge in [0.2, 0.25) is 0 Å². The summed E-state index contributed by atoms with van der Waals surface area (Å²) in [5.41, 5.74) is 2.85. The number of ether oxygens (including phenoxy) is 2. The lowest BCUT2D eigenvalue weighted by molar-refractivity contribution is -0.143. The largest absolute Gasteiger partial charge is 0.493 e. The number of carboxylic acid groups (broad SMARTS) is 1. The first-order chi connectivity index (χ1) is 13.0. The van der Waals surface area contributed by atoms with Crippen LogP contribution in [0.1, 0.15) is 35.8 Å². The number of carboxylic acids is 1. The molecule has 0 spiro atoms. The molecule has 1 aromatic heterocycles. The van der Waals surface area contributed by atoms with Crippen LogP contribution < -0.4 is 9.47 Å². The van der Waals surface area contributed by atoms with Crippen LogP contribution in [-0.4, -0.2) is 48.3 Å². The van der Waals surface area contributed by atoms with Gasteiger partial charge in [-0.25, -0.2) is 0 Å². The molecule has 6 nitrogen and oxygen atoms in total. The van der Waals surface area contributed by atoms with Crippen molar-refractivity contribution in [3.8, 4) is 11.5 Å². The van der Waals surface area contributed by atoms with Gasteiger partial charge in [-0.15, -0.1) is 0 Å². The van der Waals surface area contributed by atoms with Crippen molar-refractivity contribution >= 4 is 5.97 Å². The molecule has 27 heavy (non-hydrogen) atoms. The minimum Gasteiger partial charge on any atom is -0.493 e. The maximum atomic E-state index is 11.3. The van der Waals surface area contributed by atoms with E-state index in [0.717, 1.165) is 17.0 Å². The molecule has 1 fully saturated rings. The van der Waals surface area contributed by atoms with Crippen LogP contribution in [0.2, 0.25) is 0 Å². The molecule has 0 bridgehead atoms. The highest BCUT2D eigenvalue weighted by atomic mass is 16.5. The van der Waals surface area contributed by atoms with E-state index in [1.54, 1.807) is 14.2 Å². The van der Waals surface area contributed by atoms with Crippen LogP contribution in [-0.2, 0) is 4.79 Å². The number of benzene rings is 1. The highest BCUT2D eigenvalue weighted by Gasteiger charge is 2.33. The van der Waals surface area contributed by atoms with E-state index in [4.69, 9.17) is 14.5 Å². The maximum absolute atomic E-state index is 11.3. The van der Waals surface area contributed by atoms with E-state index in [-0.39, 0.29) is 12.0 Å². The number of likely N-dealkylation sites (tertiary alicyclic amines) is 1. The van der Waals surface area contributed by atoms with Gasteiger partial charge in [-0.1, -0.05) is 18.2 Å². The number of aryl methyl sites for hydroxylation is 1. The molecule has 1 unspecified atom stereocenters. The lowest BCUT2D eigenvalue weighted by Crippen LogP contribution is -2.39. The van der Waals surface area contributed by atoms with E-state index in [0.29, 0.717) is 37.4 Å². The van der Waals surface area contributed by atoms with Crippen LogP contribution >= 0.6 is 0 Å².